The summed E-state index contributed by atoms with van der Waals surface area (Å²) in [5.41, 5.74) is 4.05. The molecular formula is C25H25N5O3. The third kappa shape index (κ3) is 5.74. The van der Waals surface area contributed by atoms with Crippen LogP contribution in [0.2, 0.25) is 0 Å². The molecule has 0 aliphatic heterocycles. The summed E-state index contributed by atoms with van der Waals surface area (Å²) < 4.78 is 1.87. The number of H-pyrrole nitrogens is 1. The predicted molar refractivity (Wildman–Crippen MR) is 125 cm³/mol. The molecule has 0 unspecified atom stereocenters. The second kappa shape index (κ2) is 10.4. The van der Waals surface area contributed by atoms with E-state index in [0.29, 0.717) is 24.4 Å². The van der Waals surface area contributed by atoms with Crippen molar-refractivity contribution in [2.45, 2.75) is 32.1 Å². The summed E-state index contributed by atoms with van der Waals surface area (Å²) >= 11 is 0. The number of aromatic amines is 1. The molecule has 0 saturated carbocycles. The van der Waals surface area contributed by atoms with E-state index in [1.807, 2.05) is 59.3 Å². The molecule has 3 N–H and O–H groups in total. The summed E-state index contributed by atoms with van der Waals surface area (Å²) in [4.78, 5) is 28.4. The molecule has 8 heteroatoms. The van der Waals surface area contributed by atoms with Crippen molar-refractivity contribution in [3.63, 3.8) is 0 Å². The van der Waals surface area contributed by atoms with Crippen LogP contribution in [0.15, 0.2) is 73.2 Å². The molecule has 2 heterocycles. The molecule has 2 aromatic carbocycles. The number of nitrogens with one attached hydrogen (secondary N) is 2. The number of unbranched alkanes of at least 4 members (excludes halogenated alkanes) is 2. The van der Waals surface area contributed by atoms with Gasteiger partial charge in [-0.15, -0.1) is 0 Å². The van der Waals surface area contributed by atoms with Crippen molar-refractivity contribution in [3.8, 4) is 16.8 Å². The van der Waals surface area contributed by atoms with Crippen LogP contribution in [0.1, 0.15) is 41.7 Å². The van der Waals surface area contributed by atoms with Crippen molar-refractivity contribution >= 4 is 17.8 Å². The van der Waals surface area contributed by atoms with Crippen LogP contribution in [0, 0.1) is 0 Å². The van der Waals surface area contributed by atoms with E-state index in [2.05, 4.69) is 20.5 Å². The maximum Gasteiger partial charge on any atom is 0.303 e. The number of aromatic nitrogens is 4. The summed E-state index contributed by atoms with van der Waals surface area (Å²) in [6, 6.07) is 17.0. The van der Waals surface area contributed by atoms with E-state index in [-0.39, 0.29) is 12.3 Å². The maximum absolute atomic E-state index is 13.0. The molecule has 0 fully saturated rings. The highest BCUT2D eigenvalue weighted by molar-refractivity contribution is 6.04. The number of hydrogen-bond acceptors (Lipinski definition) is 4. The van der Waals surface area contributed by atoms with Gasteiger partial charge < -0.3 is 5.11 Å². The van der Waals surface area contributed by atoms with E-state index in [9.17, 15) is 9.59 Å². The van der Waals surface area contributed by atoms with E-state index in [1.165, 1.54) is 0 Å². The number of carbonyl (C=O) groups is 2. The highest BCUT2D eigenvalue weighted by atomic mass is 16.4. The van der Waals surface area contributed by atoms with E-state index >= 15 is 0 Å². The molecular weight excluding hydrogens is 418 g/mol. The molecule has 0 aliphatic rings. The fourth-order valence-corrected chi connectivity index (χ4v) is 3.60. The Morgan fingerprint density at radius 1 is 1.00 bits per heavy atom. The number of rotatable bonds is 10. The van der Waals surface area contributed by atoms with Gasteiger partial charge in [0, 0.05) is 35.6 Å². The number of carbonyl (C=O) groups excluding carboxylic acids is 1. The van der Waals surface area contributed by atoms with Crippen LogP contribution in [0.25, 0.3) is 16.8 Å². The quantitative estimate of drug-likeness (QED) is 0.308. The van der Waals surface area contributed by atoms with Crippen LogP contribution in [0.5, 0.6) is 0 Å². The van der Waals surface area contributed by atoms with Gasteiger partial charge in [0.1, 0.15) is 0 Å². The molecule has 1 amide bonds. The summed E-state index contributed by atoms with van der Waals surface area (Å²) in [5, 5.41) is 18.5. The number of anilines is 1. The van der Waals surface area contributed by atoms with Gasteiger partial charge in [-0.05, 0) is 49.1 Å². The molecule has 33 heavy (non-hydrogen) atoms. The number of benzene rings is 2. The normalized spacial score (nSPS) is 10.8. The number of aryl methyl sites for hydroxylation is 1. The first-order valence-corrected chi connectivity index (χ1v) is 10.9. The second-order valence-corrected chi connectivity index (χ2v) is 7.74. The predicted octanol–water partition coefficient (Wildman–Crippen LogP) is 4.70. The molecule has 4 rings (SSSR count). The highest BCUT2D eigenvalue weighted by Gasteiger charge is 2.15. The molecule has 2 aromatic heterocycles. The van der Waals surface area contributed by atoms with Crippen LogP contribution in [0.4, 0.5) is 5.95 Å². The van der Waals surface area contributed by atoms with Crippen LogP contribution in [-0.2, 0) is 11.2 Å². The Morgan fingerprint density at radius 2 is 1.85 bits per heavy atom. The van der Waals surface area contributed by atoms with Crippen molar-refractivity contribution < 1.29 is 14.7 Å². The smallest absolute Gasteiger partial charge is 0.303 e. The number of carboxylic acids is 1. The van der Waals surface area contributed by atoms with E-state index in [0.717, 1.165) is 35.3 Å². The number of nitrogens with zero attached hydrogens (tertiary/aromatic N) is 3. The Labute approximate surface area is 191 Å². The third-order valence-corrected chi connectivity index (χ3v) is 5.30. The molecule has 0 saturated heterocycles. The fourth-order valence-electron chi connectivity index (χ4n) is 3.60. The first kappa shape index (κ1) is 22.0. The Balaban J connectivity index is 1.52. The van der Waals surface area contributed by atoms with Crippen LogP contribution < -0.4 is 5.32 Å². The lowest BCUT2D eigenvalue weighted by Crippen LogP contribution is -2.15. The number of para-hydroxylation sites is 1. The van der Waals surface area contributed by atoms with Crippen molar-refractivity contribution in [1.82, 2.24) is 19.7 Å². The van der Waals surface area contributed by atoms with E-state index < -0.39 is 5.97 Å². The topological polar surface area (TPSA) is 113 Å². The van der Waals surface area contributed by atoms with E-state index in [1.54, 1.807) is 18.5 Å². The molecule has 168 valence electrons. The van der Waals surface area contributed by atoms with Crippen molar-refractivity contribution in [1.29, 1.82) is 0 Å². The maximum atomic E-state index is 13.0. The largest absolute Gasteiger partial charge is 0.481 e. The van der Waals surface area contributed by atoms with Gasteiger partial charge >= 0.3 is 5.97 Å². The van der Waals surface area contributed by atoms with E-state index in [4.69, 9.17) is 5.11 Å². The van der Waals surface area contributed by atoms with Crippen LogP contribution in [-0.4, -0.2) is 36.7 Å². The minimum Gasteiger partial charge on any atom is -0.481 e. The Morgan fingerprint density at radius 3 is 2.61 bits per heavy atom. The van der Waals surface area contributed by atoms with Crippen LogP contribution >= 0.6 is 0 Å². The van der Waals surface area contributed by atoms with Gasteiger partial charge in [-0.1, -0.05) is 36.8 Å². The van der Waals surface area contributed by atoms with Gasteiger partial charge in [-0.25, -0.2) is 4.98 Å². The second-order valence-electron chi connectivity index (χ2n) is 7.74. The summed E-state index contributed by atoms with van der Waals surface area (Å²) in [5.74, 6) is -0.582. The SMILES string of the molecule is O=C(O)CCCCCc1cn(-c2ccccc2)c(NC(=O)c2cccc(-c3cn[nH]c3)c2)n1. The van der Waals surface area contributed by atoms with Crippen molar-refractivity contribution in [2.24, 2.45) is 0 Å². The van der Waals surface area contributed by atoms with Crippen molar-refractivity contribution in [2.75, 3.05) is 5.32 Å². The molecule has 0 aliphatic carbocycles. The number of aliphatic carboxylic acids is 1. The average molecular weight is 444 g/mol. The summed E-state index contributed by atoms with van der Waals surface area (Å²) in [6.45, 7) is 0. The van der Waals surface area contributed by atoms with Gasteiger partial charge in [-0.3, -0.25) is 24.6 Å². The Kier molecular flexibility index (Phi) is 6.94. The molecule has 0 radical (unpaired) electrons. The lowest BCUT2D eigenvalue weighted by atomic mass is 10.1. The minimum atomic E-state index is -0.773. The molecule has 8 nitrogen and oxygen atoms in total. The third-order valence-electron chi connectivity index (χ3n) is 5.30. The lowest BCUT2D eigenvalue weighted by Gasteiger charge is -2.09. The molecule has 0 bridgehead atoms. The molecule has 0 spiro atoms. The average Bonchev–Trinajstić information content (AvgIpc) is 3.50. The molecule has 4 aromatic rings. The van der Waals surface area contributed by atoms with Gasteiger partial charge in [0.25, 0.3) is 5.91 Å². The Hall–Kier alpha value is -4.20. The van der Waals surface area contributed by atoms with Gasteiger partial charge in [0.2, 0.25) is 5.95 Å². The number of carboxylic acid groups (broad SMARTS) is 1. The zero-order valence-corrected chi connectivity index (χ0v) is 18.1. The Bertz CT molecular complexity index is 1220. The van der Waals surface area contributed by atoms with Gasteiger partial charge in [0.05, 0.1) is 11.9 Å². The number of hydrogen-bond donors (Lipinski definition) is 3. The first-order valence-electron chi connectivity index (χ1n) is 10.9. The lowest BCUT2D eigenvalue weighted by molar-refractivity contribution is -0.137. The van der Waals surface area contributed by atoms with Gasteiger partial charge in [-0.2, -0.15) is 5.10 Å². The standard InChI is InChI=1S/C25H25N5O3/c31-23(32)13-6-1-3-10-21-17-30(22-11-4-2-5-12-22)25(28-21)29-24(33)19-9-7-8-18(14-19)20-15-26-27-16-20/h2,4-5,7-9,11-12,14-17H,1,3,6,10,13H2,(H,26,27)(H,31,32)(H,28,29,33). The number of amides is 1. The summed E-state index contributed by atoms with van der Waals surface area (Å²) in [7, 11) is 0. The number of imidazole rings is 1. The monoisotopic (exact) mass is 443 g/mol. The van der Waals surface area contributed by atoms with Crippen LogP contribution in [0.3, 0.4) is 0 Å². The molecule has 0 atom stereocenters. The van der Waals surface area contributed by atoms with Crippen molar-refractivity contribution in [3.05, 3.63) is 84.4 Å². The summed E-state index contributed by atoms with van der Waals surface area (Å²) in [6.07, 6.45) is 8.58. The minimum absolute atomic E-state index is 0.178. The zero-order chi connectivity index (χ0) is 23.0. The fraction of sp³-hybridized carbons (Fsp3) is 0.200. The highest BCUT2D eigenvalue weighted by Crippen LogP contribution is 2.22. The van der Waals surface area contributed by atoms with Gasteiger partial charge in [0.15, 0.2) is 0 Å². The first-order chi connectivity index (χ1) is 16.1. The zero-order valence-electron chi connectivity index (χ0n) is 18.1.